The summed E-state index contributed by atoms with van der Waals surface area (Å²) in [6.07, 6.45) is 0. The van der Waals surface area contributed by atoms with Gasteiger partial charge in [0.05, 0.1) is 36.9 Å². The Balaban J connectivity index is 1.85. The first-order valence-electron chi connectivity index (χ1n) is 8.29. The van der Waals surface area contributed by atoms with Gasteiger partial charge in [-0.2, -0.15) is 0 Å². The number of halogens is 1. The van der Waals surface area contributed by atoms with Crippen molar-refractivity contribution in [1.29, 1.82) is 0 Å². The van der Waals surface area contributed by atoms with E-state index in [0.717, 1.165) is 15.7 Å². The minimum Gasteiger partial charge on any atom is -0.497 e. The van der Waals surface area contributed by atoms with Crippen molar-refractivity contribution in [3.63, 3.8) is 0 Å². The van der Waals surface area contributed by atoms with Gasteiger partial charge in [-0.1, -0.05) is 28.1 Å². The molecule has 0 fully saturated rings. The van der Waals surface area contributed by atoms with Gasteiger partial charge < -0.3 is 14.8 Å². The number of rotatable bonds is 5. The number of methoxy groups -OCH3 is 2. The number of aryl methyl sites for hydroxylation is 1. The van der Waals surface area contributed by atoms with Crippen LogP contribution < -0.4 is 14.8 Å². The number of nitrogens with zero attached hydrogens (tertiary/aromatic N) is 1. The summed E-state index contributed by atoms with van der Waals surface area (Å²) in [5, 5.41) is 2.87. The Kier molecular flexibility index (Phi) is 5.76. The van der Waals surface area contributed by atoms with Gasteiger partial charge in [0, 0.05) is 16.1 Å². The van der Waals surface area contributed by atoms with E-state index in [1.165, 1.54) is 0 Å². The summed E-state index contributed by atoms with van der Waals surface area (Å²) in [5.41, 5.74) is 3.52. The van der Waals surface area contributed by atoms with E-state index in [1.54, 1.807) is 38.5 Å². The number of benzene rings is 2. The fourth-order valence-corrected chi connectivity index (χ4v) is 3.10. The Morgan fingerprint density at radius 2 is 1.85 bits per heavy atom. The topological polar surface area (TPSA) is 60.5 Å². The Morgan fingerprint density at radius 1 is 1.04 bits per heavy atom. The summed E-state index contributed by atoms with van der Waals surface area (Å²) in [5.74, 6) is 0.935. The Morgan fingerprint density at radius 3 is 2.52 bits per heavy atom. The third kappa shape index (κ3) is 4.28. The van der Waals surface area contributed by atoms with Crippen molar-refractivity contribution in [3.8, 4) is 22.8 Å². The molecule has 1 heterocycles. The number of anilines is 1. The van der Waals surface area contributed by atoms with Crippen molar-refractivity contribution in [2.24, 2.45) is 0 Å². The molecule has 27 heavy (non-hydrogen) atoms. The fourth-order valence-electron chi connectivity index (χ4n) is 2.70. The summed E-state index contributed by atoms with van der Waals surface area (Å²) in [4.78, 5) is 17.3. The van der Waals surface area contributed by atoms with E-state index in [1.807, 2.05) is 37.3 Å². The maximum Gasteiger partial charge on any atom is 0.257 e. The van der Waals surface area contributed by atoms with E-state index in [4.69, 9.17) is 9.47 Å². The van der Waals surface area contributed by atoms with Gasteiger partial charge in [0.25, 0.3) is 5.91 Å². The van der Waals surface area contributed by atoms with E-state index in [0.29, 0.717) is 28.4 Å². The smallest absolute Gasteiger partial charge is 0.257 e. The van der Waals surface area contributed by atoms with Crippen LogP contribution in [0.2, 0.25) is 0 Å². The van der Waals surface area contributed by atoms with Gasteiger partial charge in [-0.05, 0) is 43.3 Å². The van der Waals surface area contributed by atoms with Crippen LogP contribution in [0.5, 0.6) is 11.5 Å². The number of hydrogen-bond acceptors (Lipinski definition) is 4. The summed E-state index contributed by atoms with van der Waals surface area (Å²) in [6.45, 7) is 1.82. The van der Waals surface area contributed by atoms with Crippen LogP contribution in [-0.2, 0) is 0 Å². The lowest BCUT2D eigenvalue weighted by Crippen LogP contribution is -2.15. The highest BCUT2D eigenvalue weighted by Gasteiger charge is 2.14. The van der Waals surface area contributed by atoms with Crippen molar-refractivity contribution in [2.45, 2.75) is 6.92 Å². The summed E-state index contributed by atoms with van der Waals surface area (Å²) in [7, 11) is 3.12. The molecule has 1 N–H and O–H groups in total. The molecule has 0 aliphatic carbocycles. The number of hydrogen-bond donors (Lipinski definition) is 1. The molecule has 2 aromatic carbocycles. The molecule has 0 radical (unpaired) electrons. The average molecular weight is 427 g/mol. The lowest BCUT2D eigenvalue weighted by atomic mass is 10.1. The third-order valence-electron chi connectivity index (χ3n) is 4.11. The van der Waals surface area contributed by atoms with Gasteiger partial charge in [-0.25, -0.2) is 0 Å². The molecule has 1 aromatic heterocycles. The molecule has 3 aromatic rings. The van der Waals surface area contributed by atoms with Crippen LogP contribution in [0, 0.1) is 6.92 Å². The number of amides is 1. The predicted molar refractivity (Wildman–Crippen MR) is 110 cm³/mol. The van der Waals surface area contributed by atoms with E-state index in [2.05, 4.69) is 26.2 Å². The van der Waals surface area contributed by atoms with Crippen molar-refractivity contribution in [2.75, 3.05) is 19.5 Å². The van der Waals surface area contributed by atoms with E-state index in [9.17, 15) is 4.79 Å². The predicted octanol–water partition coefficient (Wildman–Crippen LogP) is 5.09. The SMILES string of the molecule is COc1ccc(NC(=O)c2ccc(-c3cccc(Br)c3)nc2C)c(OC)c1. The zero-order valence-electron chi connectivity index (χ0n) is 15.2. The normalized spacial score (nSPS) is 10.4. The highest BCUT2D eigenvalue weighted by atomic mass is 79.9. The van der Waals surface area contributed by atoms with E-state index in [-0.39, 0.29) is 5.91 Å². The number of carbonyl (C=O) groups is 1. The number of pyridine rings is 1. The van der Waals surface area contributed by atoms with Crippen molar-refractivity contribution >= 4 is 27.5 Å². The zero-order valence-corrected chi connectivity index (χ0v) is 16.8. The van der Waals surface area contributed by atoms with Crippen molar-refractivity contribution in [1.82, 2.24) is 4.98 Å². The molecule has 1 amide bonds. The summed E-state index contributed by atoms with van der Waals surface area (Å²) < 4.78 is 11.5. The molecule has 0 saturated heterocycles. The third-order valence-corrected chi connectivity index (χ3v) is 4.60. The lowest BCUT2D eigenvalue weighted by molar-refractivity contribution is 0.102. The number of nitrogens with one attached hydrogen (secondary N) is 1. The first-order chi connectivity index (χ1) is 13.0. The molecule has 0 spiro atoms. The molecule has 138 valence electrons. The maximum absolute atomic E-state index is 12.7. The maximum atomic E-state index is 12.7. The van der Waals surface area contributed by atoms with Gasteiger partial charge in [0.1, 0.15) is 11.5 Å². The Hall–Kier alpha value is -2.86. The van der Waals surface area contributed by atoms with Crippen LogP contribution in [0.4, 0.5) is 5.69 Å². The van der Waals surface area contributed by atoms with Gasteiger partial charge in [-0.15, -0.1) is 0 Å². The van der Waals surface area contributed by atoms with Crippen LogP contribution in [0.25, 0.3) is 11.3 Å². The number of ether oxygens (including phenoxy) is 2. The van der Waals surface area contributed by atoms with Crippen molar-refractivity contribution < 1.29 is 14.3 Å². The Bertz CT molecular complexity index is 989. The van der Waals surface area contributed by atoms with Crippen LogP contribution in [0.15, 0.2) is 59.1 Å². The summed E-state index contributed by atoms with van der Waals surface area (Å²) >= 11 is 3.46. The van der Waals surface area contributed by atoms with E-state index >= 15 is 0 Å². The van der Waals surface area contributed by atoms with Crippen LogP contribution in [-0.4, -0.2) is 25.1 Å². The highest BCUT2D eigenvalue weighted by molar-refractivity contribution is 9.10. The van der Waals surface area contributed by atoms with E-state index < -0.39 is 0 Å². The van der Waals surface area contributed by atoms with Gasteiger partial charge in [0.2, 0.25) is 0 Å². The number of aromatic nitrogens is 1. The summed E-state index contributed by atoms with van der Waals surface area (Å²) in [6, 6.07) is 16.7. The molecule has 0 aliphatic heterocycles. The largest absolute Gasteiger partial charge is 0.497 e. The first-order valence-corrected chi connectivity index (χ1v) is 9.08. The standard InChI is InChI=1S/C21H19BrN2O3/c1-13-17(8-10-18(23-13)14-5-4-6-15(22)11-14)21(25)24-19-9-7-16(26-2)12-20(19)27-3/h4-12H,1-3H3,(H,24,25). The minimum atomic E-state index is -0.246. The molecule has 6 heteroatoms. The second-order valence-electron chi connectivity index (χ2n) is 5.86. The quantitative estimate of drug-likeness (QED) is 0.616. The molecular formula is C21H19BrN2O3. The van der Waals surface area contributed by atoms with Gasteiger partial charge in [0.15, 0.2) is 0 Å². The molecular weight excluding hydrogens is 408 g/mol. The zero-order chi connectivity index (χ0) is 19.4. The molecule has 0 unspecified atom stereocenters. The van der Waals surface area contributed by atoms with Crippen LogP contribution >= 0.6 is 15.9 Å². The van der Waals surface area contributed by atoms with Crippen LogP contribution in [0.1, 0.15) is 16.1 Å². The molecule has 0 saturated carbocycles. The Labute approximate surface area is 166 Å². The minimum absolute atomic E-state index is 0.246. The molecule has 0 aliphatic rings. The fraction of sp³-hybridized carbons (Fsp3) is 0.143. The lowest BCUT2D eigenvalue weighted by Gasteiger charge is -2.13. The molecule has 5 nitrogen and oxygen atoms in total. The van der Waals surface area contributed by atoms with Crippen molar-refractivity contribution in [3.05, 3.63) is 70.3 Å². The van der Waals surface area contributed by atoms with Crippen LogP contribution in [0.3, 0.4) is 0 Å². The second-order valence-corrected chi connectivity index (χ2v) is 6.78. The molecule has 0 bridgehead atoms. The monoisotopic (exact) mass is 426 g/mol. The molecule has 3 rings (SSSR count). The average Bonchev–Trinajstić information content (AvgIpc) is 2.68. The van der Waals surface area contributed by atoms with Gasteiger partial charge in [-0.3, -0.25) is 9.78 Å². The highest BCUT2D eigenvalue weighted by Crippen LogP contribution is 2.30. The first kappa shape index (κ1) is 18.9. The number of carbonyl (C=O) groups excluding carboxylic acids is 1. The molecule has 0 atom stereocenters. The van der Waals surface area contributed by atoms with Gasteiger partial charge >= 0.3 is 0 Å². The second kappa shape index (κ2) is 8.22.